The molecule has 0 spiro atoms. The van der Waals surface area contributed by atoms with E-state index in [0.717, 1.165) is 5.56 Å². The van der Waals surface area contributed by atoms with Gasteiger partial charge in [0.1, 0.15) is 5.54 Å². The van der Waals surface area contributed by atoms with Gasteiger partial charge in [-0.1, -0.05) is 44.2 Å². The Hall–Kier alpha value is -1.43. The number of ether oxygens (including phenoxy) is 2. The molecule has 0 radical (unpaired) electrons. The van der Waals surface area contributed by atoms with Crippen molar-refractivity contribution in [2.75, 3.05) is 26.8 Å². The first-order valence-electron chi connectivity index (χ1n) is 8.60. The molecule has 24 heavy (non-hydrogen) atoms. The molecule has 1 amide bonds. The van der Waals surface area contributed by atoms with Crippen LogP contribution in [0.15, 0.2) is 30.3 Å². The predicted octanol–water partition coefficient (Wildman–Crippen LogP) is 2.19. The second-order valence-corrected chi connectivity index (χ2v) is 7.11. The fourth-order valence-electron chi connectivity index (χ4n) is 3.21. The van der Waals surface area contributed by atoms with Gasteiger partial charge in [0.15, 0.2) is 0 Å². The van der Waals surface area contributed by atoms with Crippen LogP contribution in [0.1, 0.15) is 32.8 Å². The Balaban J connectivity index is 1.80. The van der Waals surface area contributed by atoms with Crippen LogP contribution in [0.25, 0.3) is 0 Å². The van der Waals surface area contributed by atoms with Gasteiger partial charge in [-0.15, -0.1) is 0 Å². The monoisotopic (exact) mass is 334 g/mol. The summed E-state index contributed by atoms with van der Waals surface area (Å²) in [4.78, 5) is 14.4. The van der Waals surface area contributed by atoms with Crippen molar-refractivity contribution in [3.63, 3.8) is 0 Å². The molecule has 1 fully saturated rings. The third kappa shape index (κ3) is 3.63. The van der Waals surface area contributed by atoms with E-state index in [4.69, 9.17) is 15.2 Å². The quantitative estimate of drug-likeness (QED) is 0.740. The van der Waals surface area contributed by atoms with Gasteiger partial charge in [0.25, 0.3) is 0 Å². The van der Waals surface area contributed by atoms with Crippen molar-refractivity contribution >= 4 is 5.91 Å². The lowest BCUT2D eigenvalue weighted by Gasteiger charge is -2.58. The SMILES string of the molecule is CCOC1CC(N)(C(=O)N(C)CCOCc2ccccc2)C1(C)C. The number of likely N-dealkylation sites (N-methyl/N-ethyl adjacent to an activating group) is 1. The summed E-state index contributed by atoms with van der Waals surface area (Å²) in [6.45, 7) is 8.19. The van der Waals surface area contributed by atoms with Gasteiger partial charge in [0.05, 0.1) is 19.3 Å². The molecule has 1 aliphatic rings. The summed E-state index contributed by atoms with van der Waals surface area (Å²) in [5.41, 5.74) is 6.33. The summed E-state index contributed by atoms with van der Waals surface area (Å²) in [6, 6.07) is 10.00. The van der Waals surface area contributed by atoms with E-state index in [1.807, 2.05) is 51.1 Å². The summed E-state index contributed by atoms with van der Waals surface area (Å²) >= 11 is 0. The molecule has 2 N–H and O–H groups in total. The highest BCUT2D eigenvalue weighted by molar-refractivity contribution is 5.88. The molecule has 0 heterocycles. The first-order chi connectivity index (χ1) is 11.3. The largest absolute Gasteiger partial charge is 0.378 e. The Bertz CT molecular complexity index is 547. The lowest BCUT2D eigenvalue weighted by molar-refractivity contribution is -0.178. The first kappa shape index (κ1) is 18.9. The van der Waals surface area contributed by atoms with Crippen molar-refractivity contribution in [1.29, 1.82) is 0 Å². The third-order valence-electron chi connectivity index (χ3n) is 5.24. The lowest BCUT2D eigenvalue weighted by Crippen LogP contribution is -2.75. The molecule has 0 aliphatic heterocycles. The van der Waals surface area contributed by atoms with E-state index in [1.54, 1.807) is 11.9 Å². The topological polar surface area (TPSA) is 64.8 Å². The Morgan fingerprint density at radius 1 is 1.33 bits per heavy atom. The van der Waals surface area contributed by atoms with Gasteiger partial charge in [-0.2, -0.15) is 0 Å². The molecule has 1 aliphatic carbocycles. The van der Waals surface area contributed by atoms with Crippen LogP contribution >= 0.6 is 0 Å². The van der Waals surface area contributed by atoms with Crippen LogP contribution in [0.4, 0.5) is 0 Å². The van der Waals surface area contributed by atoms with Crippen LogP contribution in [0, 0.1) is 5.41 Å². The molecule has 2 unspecified atom stereocenters. The molecule has 0 aromatic heterocycles. The Morgan fingerprint density at radius 3 is 2.58 bits per heavy atom. The fraction of sp³-hybridized carbons (Fsp3) is 0.632. The van der Waals surface area contributed by atoms with E-state index in [9.17, 15) is 4.79 Å². The highest BCUT2D eigenvalue weighted by atomic mass is 16.5. The number of benzene rings is 1. The van der Waals surface area contributed by atoms with Crippen molar-refractivity contribution in [3.05, 3.63) is 35.9 Å². The Kier molecular flexibility index (Phi) is 6.01. The minimum absolute atomic E-state index is 0.0354. The summed E-state index contributed by atoms with van der Waals surface area (Å²) in [5, 5.41) is 0. The summed E-state index contributed by atoms with van der Waals surface area (Å²) < 4.78 is 11.3. The van der Waals surface area contributed by atoms with Crippen LogP contribution < -0.4 is 5.73 Å². The van der Waals surface area contributed by atoms with Crippen molar-refractivity contribution in [3.8, 4) is 0 Å². The molecule has 0 bridgehead atoms. The van der Waals surface area contributed by atoms with Crippen LogP contribution in [-0.2, 0) is 20.9 Å². The van der Waals surface area contributed by atoms with Gasteiger partial charge in [0, 0.05) is 32.0 Å². The third-order valence-corrected chi connectivity index (χ3v) is 5.24. The maximum Gasteiger partial charge on any atom is 0.243 e. The molecule has 1 aromatic rings. The minimum atomic E-state index is -0.860. The number of carbonyl (C=O) groups excluding carboxylic acids is 1. The zero-order valence-electron chi connectivity index (χ0n) is 15.2. The van der Waals surface area contributed by atoms with E-state index >= 15 is 0 Å². The van der Waals surface area contributed by atoms with E-state index in [-0.39, 0.29) is 17.4 Å². The minimum Gasteiger partial charge on any atom is -0.378 e. The zero-order chi connectivity index (χ0) is 17.8. The molecule has 134 valence electrons. The molecular formula is C19H30N2O3. The smallest absolute Gasteiger partial charge is 0.243 e. The molecular weight excluding hydrogens is 304 g/mol. The number of hydrogen-bond acceptors (Lipinski definition) is 4. The second kappa shape index (κ2) is 7.64. The number of nitrogens with two attached hydrogens (primary N) is 1. The summed E-state index contributed by atoms with van der Waals surface area (Å²) in [5.74, 6) is -0.0354. The molecule has 1 saturated carbocycles. The second-order valence-electron chi connectivity index (χ2n) is 7.11. The van der Waals surface area contributed by atoms with Gasteiger partial charge < -0.3 is 20.1 Å². The van der Waals surface area contributed by atoms with Crippen LogP contribution in [-0.4, -0.2) is 49.3 Å². The van der Waals surface area contributed by atoms with Crippen molar-refractivity contribution in [1.82, 2.24) is 4.90 Å². The van der Waals surface area contributed by atoms with Crippen LogP contribution in [0.2, 0.25) is 0 Å². The average molecular weight is 334 g/mol. The average Bonchev–Trinajstić information content (AvgIpc) is 2.58. The fourth-order valence-corrected chi connectivity index (χ4v) is 3.21. The number of rotatable bonds is 8. The van der Waals surface area contributed by atoms with E-state index < -0.39 is 5.54 Å². The van der Waals surface area contributed by atoms with Crippen molar-refractivity contribution < 1.29 is 14.3 Å². The highest BCUT2D eigenvalue weighted by Crippen LogP contribution is 2.50. The maximum absolute atomic E-state index is 12.8. The van der Waals surface area contributed by atoms with Crippen LogP contribution in [0.3, 0.4) is 0 Å². The van der Waals surface area contributed by atoms with Gasteiger partial charge >= 0.3 is 0 Å². The molecule has 1 aromatic carbocycles. The molecule has 2 atom stereocenters. The van der Waals surface area contributed by atoms with E-state index in [0.29, 0.717) is 32.8 Å². The predicted molar refractivity (Wildman–Crippen MR) is 94.5 cm³/mol. The number of hydrogen-bond donors (Lipinski definition) is 1. The van der Waals surface area contributed by atoms with Gasteiger partial charge in [-0.05, 0) is 12.5 Å². The molecule has 2 rings (SSSR count). The standard InChI is InChI=1S/C19H30N2O3/c1-5-24-16-13-19(20,18(16,2)3)17(22)21(4)11-12-23-14-15-9-7-6-8-10-15/h6-10,16H,5,11-14,20H2,1-4H3. The molecule has 5 nitrogen and oxygen atoms in total. The maximum atomic E-state index is 12.8. The first-order valence-corrected chi connectivity index (χ1v) is 8.60. The number of carbonyl (C=O) groups is 1. The highest BCUT2D eigenvalue weighted by Gasteiger charge is 2.63. The van der Waals surface area contributed by atoms with Crippen molar-refractivity contribution in [2.45, 2.75) is 45.4 Å². The van der Waals surface area contributed by atoms with Gasteiger partial charge in [-0.3, -0.25) is 4.79 Å². The molecule has 0 saturated heterocycles. The number of nitrogens with zero attached hydrogens (tertiary/aromatic N) is 1. The number of amides is 1. The summed E-state index contributed by atoms with van der Waals surface area (Å²) in [6.07, 6.45) is 0.612. The Morgan fingerprint density at radius 2 is 2.00 bits per heavy atom. The summed E-state index contributed by atoms with van der Waals surface area (Å²) in [7, 11) is 1.78. The van der Waals surface area contributed by atoms with Gasteiger partial charge in [0.2, 0.25) is 5.91 Å². The molecule has 5 heteroatoms. The van der Waals surface area contributed by atoms with E-state index in [2.05, 4.69) is 0 Å². The van der Waals surface area contributed by atoms with Crippen molar-refractivity contribution in [2.24, 2.45) is 11.1 Å². The lowest BCUT2D eigenvalue weighted by atomic mass is 9.54. The normalized spacial score (nSPS) is 25.1. The Labute approximate surface area is 145 Å². The van der Waals surface area contributed by atoms with E-state index in [1.165, 1.54) is 0 Å². The van der Waals surface area contributed by atoms with Gasteiger partial charge in [-0.25, -0.2) is 0 Å². The van der Waals surface area contributed by atoms with Crippen LogP contribution in [0.5, 0.6) is 0 Å². The zero-order valence-corrected chi connectivity index (χ0v) is 15.2.